The Morgan fingerprint density at radius 2 is 2.33 bits per heavy atom. The minimum absolute atomic E-state index is 0.175. The first-order valence-corrected chi connectivity index (χ1v) is 5.38. The van der Waals surface area contributed by atoms with Crippen LogP contribution in [0.1, 0.15) is 24.8 Å². The van der Waals surface area contributed by atoms with Gasteiger partial charge in [0.1, 0.15) is 5.75 Å². The molecule has 0 amide bonds. The molecular weight excluding hydrogens is 188 g/mol. The fraction of sp³-hybridized carbons (Fsp3) is 0.500. The van der Waals surface area contributed by atoms with E-state index in [1.165, 1.54) is 0 Å². The van der Waals surface area contributed by atoms with Gasteiger partial charge in [-0.2, -0.15) is 0 Å². The highest BCUT2D eigenvalue weighted by molar-refractivity contribution is 5.64. The Hall–Kier alpha value is -1.22. The van der Waals surface area contributed by atoms with Gasteiger partial charge in [-0.25, -0.2) is 0 Å². The van der Waals surface area contributed by atoms with Gasteiger partial charge in [-0.3, -0.25) is 0 Å². The van der Waals surface area contributed by atoms with Gasteiger partial charge in [0.2, 0.25) is 0 Å². The van der Waals surface area contributed by atoms with Crippen molar-refractivity contribution in [2.45, 2.75) is 25.3 Å². The highest BCUT2D eigenvalue weighted by atomic mass is 16.3. The summed E-state index contributed by atoms with van der Waals surface area (Å²) in [5.74, 6) is 0.772. The molecule has 0 saturated heterocycles. The van der Waals surface area contributed by atoms with E-state index in [4.69, 9.17) is 5.73 Å². The summed E-state index contributed by atoms with van der Waals surface area (Å²) in [6.07, 6.45) is 0.926. The zero-order valence-electron chi connectivity index (χ0n) is 9.27. The number of anilines is 1. The maximum Gasteiger partial charge on any atom is 0.121 e. The number of phenolic OH excluding ortho intramolecular Hbond substituents is 1. The molecule has 0 spiro atoms. The van der Waals surface area contributed by atoms with Crippen LogP contribution in [0.5, 0.6) is 5.75 Å². The Labute approximate surface area is 90.5 Å². The SMILES string of the molecule is CC(N)CC1CN(C)c2cccc(O)c21. The fourth-order valence-electron chi connectivity index (χ4n) is 2.45. The Morgan fingerprint density at radius 3 is 3.00 bits per heavy atom. The molecule has 3 heteroatoms. The molecule has 0 aromatic heterocycles. The summed E-state index contributed by atoms with van der Waals surface area (Å²) < 4.78 is 0. The van der Waals surface area contributed by atoms with Crippen LogP contribution in [0.3, 0.4) is 0 Å². The van der Waals surface area contributed by atoms with Gasteiger partial charge in [0.15, 0.2) is 0 Å². The van der Waals surface area contributed by atoms with Crippen LogP contribution in [-0.2, 0) is 0 Å². The van der Waals surface area contributed by atoms with Crippen molar-refractivity contribution in [1.82, 2.24) is 0 Å². The van der Waals surface area contributed by atoms with Crippen molar-refractivity contribution in [1.29, 1.82) is 0 Å². The summed E-state index contributed by atoms with van der Waals surface area (Å²) in [6.45, 7) is 2.96. The molecule has 1 aromatic rings. The van der Waals surface area contributed by atoms with Gasteiger partial charge >= 0.3 is 0 Å². The molecule has 82 valence electrons. The van der Waals surface area contributed by atoms with E-state index in [0.29, 0.717) is 11.7 Å². The predicted octanol–water partition coefficient (Wildman–Crippen LogP) is 1.66. The van der Waals surface area contributed by atoms with Gasteiger partial charge in [-0.15, -0.1) is 0 Å². The molecule has 0 saturated carbocycles. The number of benzene rings is 1. The molecule has 0 fully saturated rings. The maximum absolute atomic E-state index is 9.86. The van der Waals surface area contributed by atoms with Crippen molar-refractivity contribution in [2.75, 3.05) is 18.5 Å². The van der Waals surface area contributed by atoms with Crippen LogP contribution in [0.4, 0.5) is 5.69 Å². The van der Waals surface area contributed by atoms with Crippen molar-refractivity contribution in [3.8, 4) is 5.75 Å². The number of phenols is 1. The van der Waals surface area contributed by atoms with Crippen LogP contribution in [0.2, 0.25) is 0 Å². The van der Waals surface area contributed by atoms with Gasteiger partial charge < -0.3 is 15.7 Å². The summed E-state index contributed by atoms with van der Waals surface area (Å²) in [5.41, 5.74) is 8.03. The summed E-state index contributed by atoms with van der Waals surface area (Å²) in [5, 5.41) is 9.86. The number of fused-ring (bicyclic) bond motifs is 1. The molecule has 2 unspecified atom stereocenters. The standard InChI is InChI=1S/C12H18N2O/c1-8(13)6-9-7-14(2)10-4-3-5-11(15)12(9)10/h3-5,8-9,15H,6-7,13H2,1-2H3. The second kappa shape index (κ2) is 3.74. The molecule has 2 rings (SSSR count). The van der Waals surface area contributed by atoms with Gasteiger partial charge in [-0.05, 0) is 25.5 Å². The topological polar surface area (TPSA) is 49.5 Å². The van der Waals surface area contributed by atoms with Gasteiger partial charge in [0.05, 0.1) is 0 Å². The predicted molar refractivity (Wildman–Crippen MR) is 62.4 cm³/mol. The van der Waals surface area contributed by atoms with Crippen molar-refractivity contribution in [3.63, 3.8) is 0 Å². The average Bonchev–Trinajstić information content (AvgIpc) is 2.44. The molecule has 3 nitrogen and oxygen atoms in total. The van der Waals surface area contributed by atoms with E-state index in [9.17, 15) is 5.11 Å². The lowest BCUT2D eigenvalue weighted by molar-refractivity contribution is 0.459. The van der Waals surface area contributed by atoms with Crippen LogP contribution < -0.4 is 10.6 Å². The Bertz CT molecular complexity index is 361. The third-order valence-electron chi connectivity index (χ3n) is 3.03. The summed E-state index contributed by atoms with van der Waals surface area (Å²) in [6, 6.07) is 5.87. The summed E-state index contributed by atoms with van der Waals surface area (Å²) >= 11 is 0. The van der Waals surface area contributed by atoms with Gasteiger partial charge in [-0.1, -0.05) is 6.07 Å². The van der Waals surface area contributed by atoms with E-state index >= 15 is 0 Å². The number of aromatic hydroxyl groups is 1. The molecule has 0 bridgehead atoms. The molecule has 0 aliphatic carbocycles. The second-order valence-electron chi connectivity index (χ2n) is 4.50. The Balaban J connectivity index is 2.35. The van der Waals surface area contributed by atoms with Crippen LogP contribution in [-0.4, -0.2) is 24.7 Å². The van der Waals surface area contributed by atoms with E-state index in [-0.39, 0.29) is 6.04 Å². The number of rotatable bonds is 2. The fourth-order valence-corrected chi connectivity index (χ4v) is 2.45. The van der Waals surface area contributed by atoms with Gasteiger partial charge in [0, 0.05) is 36.8 Å². The minimum Gasteiger partial charge on any atom is -0.508 e. The van der Waals surface area contributed by atoms with E-state index in [1.807, 2.05) is 13.0 Å². The molecule has 1 aromatic carbocycles. The van der Waals surface area contributed by atoms with Crippen LogP contribution in [0.15, 0.2) is 18.2 Å². The molecular formula is C12H18N2O. The second-order valence-corrected chi connectivity index (χ2v) is 4.50. The zero-order valence-corrected chi connectivity index (χ0v) is 9.27. The van der Waals surface area contributed by atoms with E-state index < -0.39 is 0 Å². The summed E-state index contributed by atoms with van der Waals surface area (Å²) in [4.78, 5) is 2.18. The molecule has 1 aliphatic heterocycles. The quantitative estimate of drug-likeness (QED) is 0.773. The maximum atomic E-state index is 9.86. The number of hydrogen-bond acceptors (Lipinski definition) is 3. The van der Waals surface area contributed by atoms with Crippen molar-refractivity contribution in [2.24, 2.45) is 5.73 Å². The van der Waals surface area contributed by atoms with Gasteiger partial charge in [0.25, 0.3) is 0 Å². The van der Waals surface area contributed by atoms with Crippen molar-refractivity contribution >= 4 is 5.69 Å². The largest absolute Gasteiger partial charge is 0.508 e. The van der Waals surface area contributed by atoms with E-state index in [2.05, 4.69) is 18.0 Å². The number of likely N-dealkylation sites (N-methyl/N-ethyl adjacent to an activating group) is 1. The smallest absolute Gasteiger partial charge is 0.121 e. The molecule has 1 aliphatic rings. The van der Waals surface area contributed by atoms with E-state index in [0.717, 1.165) is 24.2 Å². The molecule has 3 N–H and O–H groups in total. The van der Waals surface area contributed by atoms with Crippen molar-refractivity contribution in [3.05, 3.63) is 23.8 Å². The lowest BCUT2D eigenvalue weighted by atomic mass is 9.94. The Morgan fingerprint density at radius 1 is 1.60 bits per heavy atom. The number of nitrogens with zero attached hydrogens (tertiary/aromatic N) is 1. The highest BCUT2D eigenvalue weighted by Crippen LogP contribution is 2.42. The van der Waals surface area contributed by atoms with Crippen LogP contribution in [0, 0.1) is 0 Å². The normalized spacial score (nSPS) is 21.5. The monoisotopic (exact) mass is 206 g/mol. The Kier molecular flexibility index (Phi) is 2.57. The lowest BCUT2D eigenvalue weighted by Crippen LogP contribution is -2.22. The average molecular weight is 206 g/mol. The number of hydrogen-bond donors (Lipinski definition) is 2. The third-order valence-corrected chi connectivity index (χ3v) is 3.03. The molecule has 15 heavy (non-hydrogen) atoms. The van der Waals surface area contributed by atoms with Crippen molar-refractivity contribution < 1.29 is 5.11 Å². The molecule has 0 radical (unpaired) electrons. The van der Waals surface area contributed by atoms with Crippen LogP contribution >= 0.6 is 0 Å². The third kappa shape index (κ3) is 1.79. The zero-order chi connectivity index (χ0) is 11.0. The minimum atomic E-state index is 0.175. The first-order valence-electron chi connectivity index (χ1n) is 5.38. The number of nitrogens with two attached hydrogens (primary N) is 1. The summed E-state index contributed by atoms with van der Waals surface area (Å²) in [7, 11) is 2.06. The van der Waals surface area contributed by atoms with Crippen LogP contribution in [0.25, 0.3) is 0 Å². The lowest BCUT2D eigenvalue weighted by Gasteiger charge is -2.14. The molecule has 1 heterocycles. The first kappa shape index (κ1) is 10.3. The highest BCUT2D eigenvalue weighted by Gasteiger charge is 2.29. The first-order chi connectivity index (χ1) is 7.09. The van der Waals surface area contributed by atoms with E-state index in [1.54, 1.807) is 6.07 Å². The molecule has 2 atom stereocenters.